The van der Waals surface area contributed by atoms with Crippen molar-refractivity contribution in [3.8, 4) is 11.8 Å². The molecular weight excluding hydrogens is 542 g/mol. The molecule has 2 aromatic rings. The lowest BCUT2D eigenvalue weighted by Gasteiger charge is -2.41. The minimum atomic E-state index is -4.24. The maximum absolute atomic E-state index is 13.8. The van der Waals surface area contributed by atoms with Gasteiger partial charge in [0.1, 0.15) is 17.0 Å². The molecular formula is C31H43N3O6S. The maximum Gasteiger partial charge on any atom is 0.409 e. The van der Waals surface area contributed by atoms with Crippen molar-refractivity contribution < 1.29 is 27.8 Å². The summed E-state index contributed by atoms with van der Waals surface area (Å²) in [5, 5.41) is 23.8. The van der Waals surface area contributed by atoms with Crippen LogP contribution in [0.1, 0.15) is 77.7 Å². The summed E-state index contributed by atoms with van der Waals surface area (Å²) < 4.78 is 40.9. The Morgan fingerprint density at radius 1 is 1.07 bits per heavy atom. The highest BCUT2D eigenvalue weighted by Crippen LogP contribution is 2.46. The van der Waals surface area contributed by atoms with Crippen LogP contribution in [0.25, 0.3) is 0 Å². The number of alkyl carbamates (subject to hydrolysis) is 1. The predicted molar refractivity (Wildman–Crippen MR) is 157 cm³/mol. The fraction of sp³-hybridized carbons (Fsp3) is 0.548. The van der Waals surface area contributed by atoms with Crippen LogP contribution in [0.15, 0.2) is 59.5 Å². The number of methoxy groups -OCH3 is 1. The molecule has 1 aliphatic rings. The monoisotopic (exact) mass is 585 g/mol. The highest BCUT2D eigenvalue weighted by Gasteiger charge is 2.45. The first-order chi connectivity index (χ1) is 19.3. The highest BCUT2D eigenvalue weighted by molar-refractivity contribution is 7.89. The third-order valence-corrected chi connectivity index (χ3v) is 9.21. The molecule has 3 N–H and O–H groups in total. The largest absolute Gasteiger partial charge is 0.497 e. The summed E-state index contributed by atoms with van der Waals surface area (Å²) in [4.78, 5) is 13.2. The van der Waals surface area contributed by atoms with Gasteiger partial charge in [-0.25, -0.2) is 13.2 Å². The molecule has 0 saturated heterocycles. The zero-order valence-corrected chi connectivity index (χ0v) is 25.3. The van der Waals surface area contributed by atoms with E-state index in [4.69, 9.17) is 9.47 Å². The number of aliphatic hydroxyl groups excluding tert-OH is 1. The summed E-state index contributed by atoms with van der Waals surface area (Å²) in [5.74, 6) is 0.491. The zero-order chi connectivity index (χ0) is 30.2. The number of hydrogen-bond donors (Lipinski definition) is 3. The van der Waals surface area contributed by atoms with Gasteiger partial charge in [0.15, 0.2) is 0 Å². The Hall–Kier alpha value is -3.13. The van der Waals surface area contributed by atoms with E-state index in [-0.39, 0.29) is 23.2 Å². The van der Waals surface area contributed by atoms with Crippen molar-refractivity contribution in [3.63, 3.8) is 0 Å². The molecule has 2 aromatic carbocycles. The standard InChI is InChI=1S/C31H43N3O6S/c1-29(2,3)40-28(36)33-31(23-24-11-6-5-7-12-24,34-41(37,38)26-15-13-25(39-4)14-16-26)27(35)17-21-30(20-10-22-32)18-8-9-19-30/h5-7,11-16,27,34-35H,8-10,17-21,23H2,1-4H3,(H,33,36). The molecule has 41 heavy (non-hydrogen) atoms. The molecule has 1 saturated carbocycles. The molecule has 0 heterocycles. The second-order valence-electron chi connectivity index (χ2n) is 12.0. The van der Waals surface area contributed by atoms with Crippen molar-refractivity contribution in [2.45, 2.75) is 101 Å². The van der Waals surface area contributed by atoms with E-state index < -0.39 is 33.5 Å². The average Bonchev–Trinajstić information content (AvgIpc) is 3.38. The third-order valence-electron chi connectivity index (χ3n) is 7.68. The molecule has 0 aromatic heterocycles. The second-order valence-corrected chi connectivity index (χ2v) is 13.6. The third kappa shape index (κ3) is 9.18. The molecule has 3 rings (SSSR count). The number of aliphatic hydroxyl groups is 1. The van der Waals surface area contributed by atoms with E-state index in [0.29, 0.717) is 24.2 Å². The van der Waals surface area contributed by atoms with Gasteiger partial charge < -0.3 is 14.6 Å². The Labute approximate surface area is 244 Å². The van der Waals surface area contributed by atoms with Crippen LogP contribution in [-0.4, -0.2) is 44.1 Å². The minimum Gasteiger partial charge on any atom is -0.497 e. The van der Waals surface area contributed by atoms with Crippen molar-refractivity contribution >= 4 is 16.1 Å². The number of nitrogens with one attached hydrogen (secondary N) is 2. The summed E-state index contributed by atoms with van der Waals surface area (Å²) in [6.45, 7) is 5.13. The summed E-state index contributed by atoms with van der Waals surface area (Å²) in [6.07, 6.45) is 3.74. The van der Waals surface area contributed by atoms with Crippen LogP contribution in [0.3, 0.4) is 0 Å². The summed E-state index contributed by atoms with van der Waals surface area (Å²) in [6, 6.07) is 17.2. The maximum atomic E-state index is 13.8. The summed E-state index contributed by atoms with van der Waals surface area (Å²) in [5.41, 5.74) is -2.08. The van der Waals surface area contributed by atoms with Gasteiger partial charge in [-0.2, -0.15) is 9.98 Å². The number of benzene rings is 2. The number of nitriles is 1. The van der Waals surface area contributed by atoms with Gasteiger partial charge in [-0.05, 0) is 88.1 Å². The lowest BCUT2D eigenvalue weighted by Crippen LogP contribution is -2.68. The number of hydrogen-bond acceptors (Lipinski definition) is 7. The Morgan fingerprint density at radius 3 is 2.27 bits per heavy atom. The SMILES string of the molecule is COc1ccc(S(=O)(=O)NC(Cc2ccccc2)(NC(=O)OC(C)(C)C)C(O)CCC2(CCC#N)CCCC2)cc1. The van der Waals surface area contributed by atoms with Crippen LogP contribution in [0.5, 0.6) is 5.75 Å². The molecule has 0 bridgehead atoms. The predicted octanol–water partition coefficient (Wildman–Crippen LogP) is 5.44. The Morgan fingerprint density at radius 2 is 1.71 bits per heavy atom. The molecule has 1 amide bonds. The number of ether oxygens (including phenoxy) is 2. The Kier molecular flexibility index (Phi) is 10.8. The van der Waals surface area contributed by atoms with Crippen molar-refractivity contribution in [3.05, 3.63) is 60.2 Å². The first kappa shape index (κ1) is 32.4. The van der Waals surface area contributed by atoms with Gasteiger partial charge in [0, 0.05) is 12.8 Å². The van der Waals surface area contributed by atoms with Crippen molar-refractivity contribution in [2.75, 3.05) is 7.11 Å². The number of sulfonamides is 1. The van der Waals surface area contributed by atoms with Gasteiger partial charge in [0.2, 0.25) is 10.0 Å². The first-order valence-electron chi connectivity index (χ1n) is 14.1. The lowest BCUT2D eigenvalue weighted by molar-refractivity contribution is 0.00842. The molecule has 0 spiro atoms. The number of amides is 1. The smallest absolute Gasteiger partial charge is 0.409 e. The quantitative estimate of drug-likeness (QED) is 0.266. The molecule has 0 radical (unpaired) electrons. The van der Waals surface area contributed by atoms with Gasteiger partial charge in [0.05, 0.1) is 24.2 Å². The number of rotatable bonds is 13. The van der Waals surface area contributed by atoms with Gasteiger partial charge in [0.25, 0.3) is 0 Å². The van der Waals surface area contributed by atoms with Crippen molar-refractivity contribution in [1.82, 2.24) is 10.0 Å². The fourth-order valence-electron chi connectivity index (χ4n) is 5.59. The number of carbonyl (C=O) groups excluding carboxylic acids is 1. The van der Waals surface area contributed by atoms with E-state index in [1.165, 1.54) is 31.4 Å². The topological polar surface area (TPSA) is 138 Å². The van der Waals surface area contributed by atoms with Crippen LogP contribution in [0.2, 0.25) is 0 Å². The molecule has 1 fully saturated rings. The summed E-state index contributed by atoms with van der Waals surface area (Å²) >= 11 is 0. The van der Waals surface area contributed by atoms with E-state index in [2.05, 4.69) is 16.1 Å². The Balaban J connectivity index is 2.04. The normalized spacial score (nSPS) is 17.2. The van der Waals surface area contributed by atoms with Crippen LogP contribution in [0.4, 0.5) is 4.79 Å². The lowest BCUT2D eigenvalue weighted by atomic mass is 9.76. The van der Waals surface area contributed by atoms with Gasteiger partial charge >= 0.3 is 6.09 Å². The molecule has 9 nitrogen and oxygen atoms in total. The van der Waals surface area contributed by atoms with Crippen LogP contribution in [-0.2, 0) is 21.2 Å². The molecule has 0 aliphatic heterocycles. The van der Waals surface area contributed by atoms with E-state index in [9.17, 15) is 23.6 Å². The van der Waals surface area contributed by atoms with Crippen molar-refractivity contribution in [2.24, 2.45) is 5.41 Å². The molecule has 2 unspecified atom stereocenters. The minimum absolute atomic E-state index is 0.0329. The van der Waals surface area contributed by atoms with Gasteiger partial charge in [-0.1, -0.05) is 43.2 Å². The molecule has 10 heteroatoms. The molecule has 224 valence electrons. The van der Waals surface area contributed by atoms with Gasteiger partial charge in [-0.15, -0.1) is 0 Å². The van der Waals surface area contributed by atoms with Gasteiger partial charge in [-0.3, -0.25) is 5.32 Å². The van der Waals surface area contributed by atoms with E-state index in [1.54, 1.807) is 20.8 Å². The highest BCUT2D eigenvalue weighted by atomic mass is 32.2. The van der Waals surface area contributed by atoms with E-state index >= 15 is 0 Å². The zero-order valence-electron chi connectivity index (χ0n) is 24.5. The van der Waals surface area contributed by atoms with E-state index in [1.807, 2.05) is 30.3 Å². The number of carbonyl (C=O) groups is 1. The second kappa shape index (κ2) is 13.7. The summed E-state index contributed by atoms with van der Waals surface area (Å²) in [7, 11) is -2.76. The number of nitrogens with zero attached hydrogens (tertiary/aromatic N) is 1. The van der Waals surface area contributed by atoms with Crippen LogP contribution in [0, 0.1) is 16.7 Å². The Bertz CT molecular complexity index is 1280. The van der Waals surface area contributed by atoms with E-state index in [0.717, 1.165) is 32.1 Å². The first-order valence-corrected chi connectivity index (χ1v) is 15.6. The van der Waals surface area contributed by atoms with Crippen LogP contribution >= 0.6 is 0 Å². The molecule has 2 atom stereocenters. The fourth-order valence-corrected chi connectivity index (χ4v) is 6.94. The van der Waals surface area contributed by atoms with Crippen LogP contribution < -0.4 is 14.8 Å². The van der Waals surface area contributed by atoms with Crippen molar-refractivity contribution in [1.29, 1.82) is 5.26 Å². The molecule has 1 aliphatic carbocycles. The average molecular weight is 586 g/mol.